The molecule has 2 N–H and O–H groups in total. The van der Waals surface area contributed by atoms with E-state index in [4.69, 9.17) is 0 Å². The fourth-order valence-corrected chi connectivity index (χ4v) is 3.51. The van der Waals surface area contributed by atoms with Gasteiger partial charge in [0.2, 0.25) is 10.0 Å². The van der Waals surface area contributed by atoms with Crippen molar-refractivity contribution in [1.82, 2.24) is 14.9 Å². The monoisotopic (exact) mass is 303 g/mol. The van der Waals surface area contributed by atoms with Crippen molar-refractivity contribution in [2.75, 3.05) is 27.7 Å². The van der Waals surface area contributed by atoms with Crippen LogP contribution in [0.15, 0.2) is 23.1 Å². The van der Waals surface area contributed by atoms with Gasteiger partial charge in [0.05, 0.1) is 4.90 Å². The molecule has 0 saturated carbocycles. The molecular formula is C13H22FN3O2S. The van der Waals surface area contributed by atoms with E-state index in [0.29, 0.717) is 18.7 Å². The number of nitrogens with zero attached hydrogens (tertiary/aromatic N) is 1. The van der Waals surface area contributed by atoms with Crippen molar-refractivity contribution < 1.29 is 12.8 Å². The van der Waals surface area contributed by atoms with E-state index < -0.39 is 15.8 Å². The van der Waals surface area contributed by atoms with Crippen molar-refractivity contribution in [3.8, 4) is 0 Å². The summed E-state index contributed by atoms with van der Waals surface area (Å²) in [5.74, 6) is -0.564. The number of nitrogens with one attached hydrogen (secondary N) is 2. The molecule has 20 heavy (non-hydrogen) atoms. The quantitative estimate of drug-likeness (QED) is 0.781. The topological polar surface area (TPSA) is 61.4 Å². The Kier molecular flexibility index (Phi) is 6.07. The van der Waals surface area contributed by atoms with Crippen LogP contribution in [0.25, 0.3) is 0 Å². The van der Waals surface area contributed by atoms with E-state index in [9.17, 15) is 12.8 Å². The van der Waals surface area contributed by atoms with Crippen LogP contribution in [0.1, 0.15) is 12.5 Å². The Morgan fingerprint density at radius 2 is 2.00 bits per heavy atom. The third-order valence-electron chi connectivity index (χ3n) is 2.68. The van der Waals surface area contributed by atoms with Crippen LogP contribution in [0.2, 0.25) is 0 Å². The molecule has 7 heteroatoms. The fraction of sp³-hybridized carbons (Fsp3) is 0.538. The molecule has 0 aliphatic carbocycles. The van der Waals surface area contributed by atoms with E-state index in [1.54, 1.807) is 14.0 Å². The average molecular weight is 303 g/mol. The zero-order chi connectivity index (χ0) is 15.3. The Balaban J connectivity index is 3.05. The molecule has 0 spiro atoms. The molecule has 114 valence electrons. The summed E-state index contributed by atoms with van der Waals surface area (Å²) in [7, 11) is 1.69. The van der Waals surface area contributed by atoms with Crippen LogP contribution in [-0.4, -0.2) is 47.0 Å². The van der Waals surface area contributed by atoms with E-state index in [1.165, 1.54) is 12.1 Å². The Bertz CT molecular complexity index is 547. The third-order valence-corrected chi connectivity index (χ3v) is 4.35. The van der Waals surface area contributed by atoms with Gasteiger partial charge in [0.15, 0.2) is 0 Å². The largest absolute Gasteiger partial charge is 0.316 e. The molecule has 1 rings (SSSR count). The van der Waals surface area contributed by atoms with E-state index in [-0.39, 0.29) is 10.9 Å². The number of sulfonamides is 1. The Morgan fingerprint density at radius 1 is 1.35 bits per heavy atom. The highest BCUT2D eigenvalue weighted by Crippen LogP contribution is 2.17. The second-order valence-electron chi connectivity index (χ2n) is 5.07. The minimum atomic E-state index is -3.74. The molecule has 0 aliphatic heterocycles. The molecule has 1 atom stereocenters. The highest BCUT2D eigenvalue weighted by atomic mass is 32.2. The minimum Gasteiger partial charge on any atom is -0.316 e. The van der Waals surface area contributed by atoms with Crippen LogP contribution >= 0.6 is 0 Å². The number of benzene rings is 1. The molecule has 1 unspecified atom stereocenters. The van der Waals surface area contributed by atoms with E-state index in [1.807, 2.05) is 19.0 Å². The third kappa shape index (κ3) is 4.82. The van der Waals surface area contributed by atoms with Crippen LogP contribution in [0, 0.1) is 5.82 Å². The Morgan fingerprint density at radius 3 is 2.55 bits per heavy atom. The molecule has 0 fully saturated rings. The van der Waals surface area contributed by atoms with Crippen molar-refractivity contribution in [3.05, 3.63) is 29.6 Å². The number of likely N-dealkylation sites (N-methyl/N-ethyl adjacent to an activating group) is 1. The van der Waals surface area contributed by atoms with Crippen molar-refractivity contribution in [2.24, 2.45) is 0 Å². The first-order valence-electron chi connectivity index (χ1n) is 6.36. The minimum absolute atomic E-state index is 0.0162. The van der Waals surface area contributed by atoms with Gasteiger partial charge in [0.25, 0.3) is 0 Å². The average Bonchev–Trinajstić information content (AvgIpc) is 2.29. The van der Waals surface area contributed by atoms with Crippen LogP contribution in [0.4, 0.5) is 4.39 Å². The highest BCUT2D eigenvalue weighted by molar-refractivity contribution is 7.89. The summed E-state index contributed by atoms with van der Waals surface area (Å²) in [4.78, 5) is 1.87. The van der Waals surface area contributed by atoms with Gasteiger partial charge in [0, 0.05) is 19.1 Å². The Labute approximate surface area is 120 Å². The first-order valence-corrected chi connectivity index (χ1v) is 7.84. The van der Waals surface area contributed by atoms with Gasteiger partial charge in [-0.15, -0.1) is 0 Å². The van der Waals surface area contributed by atoms with Crippen molar-refractivity contribution in [1.29, 1.82) is 0 Å². The SMILES string of the molecule is CNCc1ccc(F)cc1S(=O)(=O)NC(C)CN(C)C. The van der Waals surface area contributed by atoms with Crippen LogP contribution in [0.5, 0.6) is 0 Å². The van der Waals surface area contributed by atoms with Gasteiger partial charge >= 0.3 is 0 Å². The lowest BCUT2D eigenvalue weighted by Gasteiger charge is -2.19. The van der Waals surface area contributed by atoms with E-state index in [2.05, 4.69) is 10.0 Å². The molecular weight excluding hydrogens is 281 g/mol. The number of hydrogen-bond acceptors (Lipinski definition) is 4. The molecule has 0 radical (unpaired) electrons. The number of rotatable bonds is 7. The summed E-state index contributed by atoms with van der Waals surface area (Å²) in [5.41, 5.74) is 0.540. The van der Waals surface area contributed by atoms with Crippen molar-refractivity contribution in [2.45, 2.75) is 24.4 Å². The summed E-state index contributed by atoms with van der Waals surface area (Å²) in [5, 5.41) is 2.88. The van der Waals surface area contributed by atoms with Gasteiger partial charge in [-0.25, -0.2) is 17.5 Å². The highest BCUT2D eigenvalue weighted by Gasteiger charge is 2.21. The number of halogens is 1. The van der Waals surface area contributed by atoms with Gasteiger partial charge < -0.3 is 10.2 Å². The molecule has 0 aliphatic rings. The van der Waals surface area contributed by atoms with Crippen molar-refractivity contribution >= 4 is 10.0 Å². The Hall–Kier alpha value is -1.02. The molecule has 0 saturated heterocycles. The van der Waals surface area contributed by atoms with Crippen molar-refractivity contribution in [3.63, 3.8) is 0 Å². The van der Waals surface area contributed by atoms with Gasteiger partial charge in [0.1, 0.15) is 5.82 Å². The molecule has 1 aromatic rings. The van der Waals surface area contributed by atoms with Gasteiger partial charge in [-0.05, 0) is 45.8 Å². The molecule has 0 aromatic heterocycles. The molecule has 5 nitrogen and oxygen atoms in total. The predicted molar refractivity (Wildman–Crippen MR) is 77.5 cm³/mol. The smallest absolute Gasteiger partial charge is 0.241 e. The van der Waals surface area contributed by atoms with Crippen LogP contribution in [0.3, 0.4) is 0 Å². The lowest BCUT2D eigenvalue weighted by molar-refractivity contribution is 0.370. The maximum absolute atomic E-state index is 13.3. The van der Waals surface area contributed by atoms with E-state index >= 15 is 0 Å². The lowest BCUT2D eigenvalue weighted by Crippen LogP contribution is -2.39. The summed E-state index contributed by atoms with van der Waals surface area (Å²) in [6.45, 7) is 2.70. The maximum atomic E-state index is 13.3. The molecule has 0 bridgehead atoms. The summed E-state index contributed by atoms with van der Waals surface area (Å²) >= 11 is 0. The lowest BCUT2D eigenvalue weighted by atomic mass is 10.2. The molecule has 0 amide bonds. The van der Waals surface area contributed by atoms with Crippen LogP contribution in [-0.2, 0) is 16.6 Å². The summed E-state index contributed by atoms with van der Waals surface area (Å²) < 4.78 is 40.6. The zero-order valence-electron chi connectivity index (χ0n) is 12.3. The summed E-state index contributed by atoms with van der Waals surface area (Å²) in [6, 6.07) is 3.53. The number of hydrogen-bond donors (Lipinski definition) is 2. The molecule has 1 aromatic carbocycles. The first kappa shape index (κ1) is 17.0. The van der Waals surface area contributed by atoms with Crippen LogP contribution < -0.4 is 10.0 Å². The zero-order valence-corrected chi connectivity index (χ0v) is 13.1. The normalized spacial score (nSPS) is 13.7. The standard InChI is InChI=1S/C13H22FN3O2S/c1-10(9-17(3)4)16-20(18,19)13-7-12(14)6-5-11(13)8-15-2/h5-7,10,15-16H,8-9H2,1-4H3. The summed E-state index contributed by atoms with van der Waals surface area (Å²) in [6.07, 6.45) is 0. The van der Waals surface area contributed by atoms with Gasteiger partial charge in [-0.1, -0.05) is 6.07 Å². The van der Waals surface area contributed by atoms with Gasteiger partial charge in [-0.2, -0.15) is 0 Å². The maximum Gasteiger partial charge on any atom is 0.241 e. The fourth-order valence-electron chi connectivity index (χ4n) is 2.03. The van der Waals surface area contributed by atoms with Gasteiger partial charge in [-0.3, -0.25) is 0 Å². The molecule has 0 heterocycles. The second kappa shape index (κ2) is 7.12. The predicted octanol–water partition coefficient (Wildman–Crippen LogP) is 0.774. The second-order valence-corrected chi connectivity index (χ2v) is 6.75. The van der Waals surface area contributed by atoms with E-state index in [0.717, 1.165) is 6.07 Å². The first-order chi connectivity index (χ1) is 9.26.